The van der Waals surface area contributed by atoms with Gasteiger partial charge in [0.2, 0.25) is 4.93 Å². The zero-order valence-corrected chi connectivity index (χ0v) is 18.4. The Bertz CT molecular complexity index is 1360. The maximum absolute atomic E-state index is 14.8. The number of nitrogens with two attached hydrogens (primary N) is 1. The summed E-state index contributed by atoms with van der Waals surface area (Å²) in [5, 5.41) is 13.4. The SMILES string of the molecule is COc1cnc2c(Nc3ccc(F)c([C@]4(C)CS(=O)(=O)[C@@](C)(O)C(N)=N4)c3)ccnc2c1. The monoisotopic (exact) mass is 459 g/mol. The molecule has 11 heteroatoms. The Morgan fingerprint density at radius 3 is 2.66 bits per heavy atom. The van der Waals surface area contributed by atoms with Crippen LogP contribution in [0.5, 0.6) is 5.75 Å². The number of rotatable bonds is 4. The third-order valence-electron chi connectivity index (χ3n) is 5.53. The van der Waals surface area contributed by atoms with E-state index in [-0.39, 0.29) is 5.56 Å². The minimum absolute atomic E-state index is 0.0255. The quantitative estimate of drug-likeness (QED) is 0.540. The second kappa shape index (κ2) is 7.38. The molecule has 0 amide bonds. The van der Waals surface area contributed by atoms with Gasteiger partial charge in [-0.15, -0.1) is 0 Å². The smallest absolute Gasteiger partial charge is 0.220 e. The summed E-state index contributed by atoms with van der Waals surface area (Å²) in [6.45, 7) is 2.52. The first-order valence-corrected chi connectivity index (χ1v) is 11.3. The number of aliphatic hydroxyl groups is 1. The van der Waals surface area contributed by atoms with E-state index >= 15 is 0 Å². The number of benzene rings is 1. The van der Waals surface area contributed by atoms with E-state index in [2.05, 4.69) is 20.3 Å². The zero-order chi connectivity index (χ0) is 23.3. The predicted octanol–water partition coefficient (Wildman–Crippen LogP) is 2.23. The molecule has 0 unspecified atom stereocenters. The first-order chi connectivity index (χ1) is 15.0. The summed E-state index contributed by atoms with van der Waals surface area (Å²) >= 11 is 0. The van der Waals surface area contributed by atoms with Crippen LogP contribution in [0.25, 0.3) is 11.0 Å². The van der Waals surface area contributed by atoms with Gasteiger partial charge in [0.25, 0.3) is 0 Å². The lowest BCUT2D eigenvalue weighted by Gasteiger charge is -2.37. The van der Waals surface area contributed by atoms with Crippen molar-refractivity contribution in [1.29, 1.82) is 0 Å². The number of aliphatic imine (C=N–C) groups is 1. The summed E-state index contributed by atoms with van der Waals surface area (Å²) in [5.41, 5.74) is 6.53. The fraction of sp³-hybridized carbons (Fsp3) is 0.286. The van der Waals surface area contributed by atoms with E-state index in [1.807, 2.05) is 0 Å². The van der Waals surface area contributed by atoms with Gasteiger partial charge >= 0.3 is 0 Å². The number of hydrogen-bond donors (Lipinski definition) is 3. The molecule has 2 atom stereocenters. The summed E-state index contributed by atoms with van der Waals surface area (Å²) < 4.78 is 45.2. The van der Waals surface area contributed by atoms with Crippen LogP contribution in [0.4, 0.5) is 15.8 Å². The van der Waals surface area contributed by atoms with Crippen LogP contribution in [0, 0.1) is 5.82 Å². The molecule has 3 aromatic rings. The van der Waals surface area contributed by atoms with Crippen molar-refractivity contribution in [2.24, 2.45) is 10.7 Å². The van der Waals surface area contributed by atoms with E-state index in [9.17, 15) is 17.9 Å². The van der Waals surface area contributed by atoms with Gasteiger partial charge in [0.05, 0.1) is 30.3 Å². The first-order valence-electron chi connectivity index (χ1n) is 9.63. The minimum Gasteiger partial charge on any atom is -0.495 e. The van der Waals surface area contributed by atoms with Gasteiger partial charge in [-0.2, -0.15) is 0 Å². The van der Waals surface area contributed by atoms with Crippen LogP contribution < -0.4 is 15.8 Å². The second-order valence-corrected chi connectivity index (χ2v) is 10.2. The van der Waals surface area contributed by atoms with E-state index in [0.717, 1.165) is 6.92 Å². The molecular weight excluding hydrogens is 437 g/mol. The van der Waals surface area contributed by atoms with Crippen LogP contribution in [-0.2, 0) is 15.4 Å². The molecule has 2 aromatic heterocycles. The molecule has 0 bridgehead atoms. The van der Waals surface area contributed by atoms with E-state index in [1.165, 1.54) is 32.2 Å². The Hall–Kier alpha value is -3.31. The zero-order valence-electron chi connectivity index (χ0n) is 17.6. The van der Waals surface area contributed by atoms with E-state index in [1.54, 1.807) is 24.5 Å². The molecule has 3 heterocycles. The molecule has 32 heavy (non-hydrogen) atoms. The van der Waals surface area contributed by atoms with Gasteiger partial charge in [-0.1, -0.05) is 0 Å². The lowest BCUT2D eigenvalue weighted by molar-refractivity contribution is 0.204. The maximum Gasteiger partial charge on any atom is 0.220 e. The summed E-state index contributed by atoms with van der Waals surface area (Å²) in [4.78, 5) is 10.5. The molecule has 0 spiro atoms. The molecule has 168 valence electrons. The highest BCUT2D eigenvalue weighted by molar-refractivity contribution is 7.93. The largest absolute Gasteiger partial charge is 0.495 e. The second-order valence-electron chi connectivity index (χ2n) is 7.93. The molecule has 0 saturated heterocycles. The fourth-order valence-corrected chi connectivity index (χ4v) is 5.21. The summed E-state index contributed by atoms with van der Waals surface area (Å²) in [6, 6.07) is 7.65. The average Bonchev–Trinajstić information content (AvgIpc) is 2.73. The van der Waals surface area contributed by atoms with E-state index in [4.69, 9.17) is 10.5 Å². The van der Waals surface area contributed by atoms with Gasteiger partial charge in [-0.25, -0.2) is 17.8 Å². The number of ether oxygens (including phenoxy) is 1. The van der Waals surface area contributed by atoms with Gasteiger partial charge in [0.15, 0.2) is 9.84 Å². The summed E-state index contributed by atoms with van der Waals surface area (Å²) in [7, 11) is -2.57. The van der Waals surface area contributed by atoms with Gasteiger partial charge in [-0.3, -0.25) is 9.98 Å². The minimum atomic E-state index is -4.11. The fourth-order valence-electron chi connectivity index (χ4n) is 3.61. The molecule has 1 aromatic carbocycles. The molecule has 0 fully saturated rings. The Kier molecular flexibility index (Phi) is 5.05. The average molecular weight is 460 g/mol. The topological polar surface area (TPSA) is 140 Å². The first kappa shape index (κ1) is 21.9. The molecular formula is C21H22FN5O4S. The van der Waals surface area contributed by atoms with Crippen molar-refractivity contribution in [3.63, 3.8) is 0 Å². The van der Waals surface area contributed by atoms with Gasteiger partial charge in [0, 0.05) is 23.5 Å². The normalized spacial score (nSPS) is 24.7. The molecule has 1 aliphatic heterocycles. The van der Waals surface area contributed by atoms with Crippen LogP contribution in [0.2, 0.25) is 0 Å². The van der Waals surface area contributed by atoms with Crippen molar-refractivity contribution in [2.45, 2.75) is 24.3 Å². The molecule has 4 rings (SSSR count). The van der Waals surface area contributed by atoms with Crippen LogP contribution in [0.1, 0.15) is 19.4 Å². The predicted molar refractivity (Wildman–Crippen MR) is 119 cm³/mol. The molecule has 0 aliphatic carbocycles. The number of halogens is 1. The van der Waals surface area contributed by atoms with Crippen LogP contribution >= 0.6 is 0 Å². The standard InChI is InChI=1S/C21H22FN5O4S/c1-20(11-32(29,30)21(2,28)19(23)27-20)14-8-12(4-5-15(14)22)26-16-6-7-24-17-9-13(31-3)10-25-18(16)17/h4-10,28H,11H2,1-3H3,(H2,23,27)(H,24,26)/t20-,21+/m0/s1. The van der Waals surface area contributed by atoms with Gasteiger partial charge < -0.3 is 20.9 Å². The number of nitrogens with zero attached hydrogens (tertiary/aromatic N) is 3. The maximum atomic E-state index is 14.8. The number of hydrogen-bond acceptors (Lipinski definition) is 9. The van der Waals surface area contributed by atoms with Crippen molar-refractivity contribution >= 4 is 38.1 Å². The van der Waals surface area contributed by atoms with Crippen molar-refractivity contribution in [3.05, 3.63) is 54.1 Å². The summed E-state index contributed by atoms with van der Waals surface area (Å²) in [5.74, 6) is -1.17. The molecule has 1 aliphatic rings. The number of amidine groups is 1. The summed E-state index contributed by atoms with van der Waals surface area (Å²) in [6.07, 6.45) is 3.15. The van der Waals surface area contributed by atoms with Gasteiger partial charge in [0.1, 0.15) is 28.5 Å². The van der Waals surface area contributed by atoms with Crippen molar-refractivity contribution in [3.8, 4) is 5.75 Å². The van der Waals surface area contributed by atoms with Crippen molar-refractivity contribution < 1.29 is 22.7 Å². The lowest BCUT2D eigenvalue weighted by Crippen LogP contribution is -2.56. The third-order valence-corrected chi connectivity index (χ3v) is 7.90. The Balaban J connectivity index is 1.77. The Morgan fingerprint density at radius 2 is 1.97 bits per heavy atom. The number of anilines is 2. The Labute approximate surface area is 184 Å². The van der Waals surface area contributed by atoms with Gasteiger partial charge in [-0.05, 0) is 38.1 Å². The molecule has 0 radical (unpaired) electrons. The Morgan fingerprint density at radius 1 is 1.22 bits per heavy atom. The van der Waals surface area contributed by atoms with E-state index in [0.29, 0.717) is 28.2 Å². The third kappa shape index (κ3) is 3.53. The number of pyridine rings is 2. The highest BCUT2D eigenvalue weighted by atomic mass is 32.2. The van der Waals surface area contributed by atoms with E-state index < -0.39 is 37.7 Å². The van der Waals surface area contributed by atoms with Crippen molar-refractivity contribution in [2.75, 3.05) is 18.2 Å². The van der Waals surface area contributed by atoms with Crippen LogP contribution in [0.3, 0.4) is 0 Å². The van der Waals surface area contributed by atoms with Crippen molar-refractivity contribution in [1.82, 2.24) is 9.97 Å². The number of nitrogens with one attached hydrogen (secondary N) is 1. The number of sulfone groups is 1. The highest BCUT2D eigenvalue weighted by Gasteiger charge is 2.51. The number of fused-ring (bicyclic) bond motifs is 1. The van der Waals surface area contributed by atoms with Crippen LogP contribution in [0.15, 0.2) is 47.7 Å². The lowest BCUT2D eigenvalue weighted by atomic mass is 9.93. The molecule has 0 saturated carbocycles. The molecule has 4 N–H and O–H groups in total. The van der Waals surface area contributed by atoms with Crippen LogP contribution in [-0.4, -0.2) is 47.1 Å². The number of methoxy groups -OCH3 is 1. The highest BCUT2D eigenvalue weighted by Crippen LogP contribution is 2.38. The molecule has 9 nitrogen and oxygen atoms in total. The number of aromatic nitrogens is 2.